The van der Waals surface area contributed by atoms with Crippen molar-refractivity contribution in [3.05, 3.63) is 90.7 Å². The van der Waals surface area contributed by atoms with Crippen LogP contribution in [0.25, 0.3) is 0 Å². The van der Waals surface area contributed by atoms with Gasteiger partial charge in [0, 0.05) is 13.1 Å². The van der Waals surface area contributed by atoms with Gasteiger partial charge in [0.25, 0.3) is 0 Å². The van der Waals surface area contributed by atoms with Crippen LogP contribution in [0.3, 0.4) is 0 Å². The topological polar surface area (TPSA) is 43.2 Å². The monoisotopic (exact) mass is 329 g/mol. The lowest BCUT2D eigenvalue weighted by Gasteiger charge is -2.39. The molecule has 1 N–H and O–H groups in total. The summed E-state index contributed by atoms with van der Waals surface area (Å²) in [5.41, 5.74) is 5.31. The Morgan fingerprint density at radius 3 is 2.48 bits per heavy atom. The number of anilines is 1. The molecule has 25 heavy (non-hydrogen) atoms. The second-order valence-corrected chi connectivity index (χ2v) is 5.98. The van der Waals surface area contributed by atoms with Gasteiger partial charge in [0.1, 0.15) is 0 Å². The highest BCUT2D eigenvalue weighted by Crippen LogP contribution is 2.33. The van der Waals surface area contributed by atoms with Crippen molar-refractivity contribution in [1.29, 1.82) is 0 Å². The van der Waals surface area contributed by atoms with Crippen LogP contribution in [-0.2, 0) is 0 Å². The summed E-state index contributed by atoms with van der Waals surface area (Å²) < 4.78 is 0. The predicted molar refractivity (Wildman–Crippen MR) is 102 cm³/mol. The number of amidine groups is 1. The number of allylic oxidation sites excluding steroid dienone is 2. The zero-order chi connectivity index (χ0) is 17.1. The Balaban J connectivity index is 1.65. The molecule has 2 heterocycles. The molecule has 5 nitrogen and oxygen atoms in total. The molecule has 0 amide bonds. The van der Waals surface area contributed by atoms with Gasteiger partial charge in [-0.3, -0.25) is 10.3 Å². The van der Waals surface area contributed by atoms with E-state index in [2.05, 4.69) is 22.4 Å². The van der Waals surface area contributed by atoms with Crippen molar-refractivity contribution in [2.24, 2.45) is 10.2 Å². The van der Waals surface area contributed by atoms with E-state index >= 15 is 0 Å². The van der Waals surface area contributed by atoms with Crippen LogP contribution in [0.4, 0.5) is 5.69 Å². The molecule has 2 aromatic carbocycles. The quantitative estimate of drug-likeness (QED) is 0.689. The van der Waals surface area contributed by atoms with Crippen LogP contribution in [0, 0.1) is 0 Å². The predicted octanol–water partition coefficient (Wildman–Crippen LogP) is 3.50. The minimum Gasteiger partial charge on any atom is -0.288 e. The molecule has 0 unspecified atom stereocenters. The van der Waals surface area contributed by atoms with Gasteiger partial charge in [0.2, 0.25) is 5.79 Å². The van der Waals surface area contributed by atoms with Gasteiger partial charge in [-0.25, -0.2) is 5.01 Å². The molecule has 2 aromatic rings. The Kier molecular flexibility index (Phi) is 3.82. The van der Waals surface area contributed by atoms with Crippen LogP contribution < -0.4 is 10.4 Å². The molecule has 0 bridgehead atoms. The van der Waals surface area contributed by atoms with Crippen LogP contribution in [0.5, 0.6) is 0 Å². The molecule has 0 saturated carbocycles. The highest BCUT2D eigenvalue weighted by atomic mass is 15.7. The van der Waals surface area contributed by atoms with E-state index in [9.17, 15) is 0 Å². The van der Waals surface area contributed by atoms with Gasteiger partial charge in [-0.1, -0.05) is 54.6 Å². The number of rotatable bonds is 4. The summed E-state index contributed by atoms with van der Waals surface area (Å²) in [6.07, 6.45) is 9.79. The van der Waals surface area contributed by atoms with Crippen LogP contribution in [0.2, 0.25) is 0 Å². The van der Waals surface area contributed by atoms with Crippen molar-refractivity contribution in [2.45, 2.75) is 12.7 Å². The minimum absolute atomic E-state index is 0.636. The Morgan fingerprint density at radius 2 is 1.72 bits per heavy atom. The first-order valence-electron chi connectivity index (χ1n) is 8.21. The number of nitrogens with one attached hydrogen (secondary N) is 1. The van der Waals surface area contributed by atoms with Crippen LogP contribution in [0.15, 0.2) is 95.3 Å². The van der Waals surface area contributed by atoms with Crippen molar-refractivity contribution < 1.29 is 0 Å². The van der Waals surface area contributed by atoms with E-state index in [0.29, 0.717) is 0 Å². The summed E-state index contributed by atoms with van der Waals surface area (Å²) >= 11 is 0. The van der Waals surface area contributed by atoms with E-state index in [1.165, 1.54) is 0 Å². The molecule has 1 atom stereocenters. The third kappa shape index (κ3) is 2.80. The molecule has 0 saturated heterocycles. The maximum atomic E-state index is 4.76. The number of hydrogen-bond donors (Lipinski definition) is 1. The summed E-state index contributed by atoms with van der Waals surface area (Å²) in [6.45, 7) is 2.06. The van der Waals surface area contributed by atoms with Crippen molar-refractivity contribution in [3.63, 3.8) is 0 Å². The van der Waals surface area contributed by atoms with Gasteiger partial charge in [-0.2, -0.15) is 10.2 Å². The second-order valence-electron chi connectivity index (χ2n) is 5.98. The fourth-order valence-corrected chi connectivity index (χ4v) is 2.93. The Morgan fingerprint density at radius 1 is 1.00 bits per heavy atom. The van der Waals surface area contributed by atoms with Gasteiger partial charge in [-0.05, 0) is 29.8 Å². The molecule has 4 rings (SSSR count). The maximum Gasteiger partial charge on any atom is 0.226 e. The third-order valence-corrected chi connectivity index (χ3v) is 4.21. The normalized spacial score (nSPS) is 21.6. The van der Waals surface area contributed by atoms with Gasteiger partial charge < -0.3 is 0 Å². The largest absolute Gasteiger partial charge is 0.288 e. The Labute approximate surface area is 147 Å². The van der Waals surface area contributed by atoms with Crippen molar-refractivity contribution in [1.82, 2.24) is 10.3 Å². The average Bonchev–Trinajstić information content (AvgIpc) is 2.97. The van der Waals surface area contributed by atoms with Gasteiger partial charge >= 0.3 is 0 Å². The molecule has 0 aliphatic carbocycles. The lowest BCUT2D eigenvalue weighted by Crippen LogP contribution is -2.60. The SMILES string of the molecule is C[C@]1(N/N=C/c2ccccc2)N2C=CC=CC2=NN1c1ccccc1. The zero-order valence-electron chi connectivity index (χ0n) is 13.9. The van der Waals surface area contributed by atoms with E-state index in [1.54, 1.807) is 0 Å². The smallest absolute Gasteiger partial charge is 0.226 e. The van der Waals surface area contributed by atoms with E-state index in [0.717, 1.165) is 17.1 Å². The number of para-hydroxylation sites is 1. The lowest BCUT2D eigenvalue weighted by atomic mass is 10.2. The third-order valence-electron chi connectivity index (χ3n) is 4.21. The number of fused-ring (bicyclic) bond motifs is 1. The first-order valence-corrected chi connectivity index (χ1v) is 8.21. The molecule has 2 aliphatic rings. The number of hydrogen-bond acceptors (Lipinski definition) is 5. The zero-order valence-corrected chi connectivity index (χ0v) is 13.9. The summed E-state index contributed by atoms with van der Waals surface area (Å²) in [5, 5.41) is 11.2. The summed E-state index contributed by atoms with van der Waals surface area (Å²) in [6, 6.07) is 20.1. The number of benzene rings is 2. The number of hydrazone groups is 2. The van der Waals surface area contributed by atoms with Gasteiger partial charge in [0.15, 0.2) is 5.84 Å². The van der Waals surface area contributed by atoms with Crippen molar-refractivity contribution in [3.8, 4) is 0 Å². The van der Waals surface area contributed by atoms with E-state index in [-0.39, 0.29) is 0 Å². The molecule has 124 valence electrons. The highest BCUT2D eigenvalue weighted by molar-refractivity contribution is 5.98. The molecule has 0 aromatic heterocycles. The standard InChI is InChI=1S/C20H19N5/c1-20(23-21-16-17-10-4-2-5-11-17)24-15-9-8-14-19(24)22-25(20)18-12-6-3-7-13-18/h2-16,23H,1H3/b21-16+/t20-/m0/s1. The fourth-order valence-electron chi connectivity index (χ4n) is 2.93. The van der Waals surface area contributed by atoms with Crippen LogP contribution in [-0.4, -0.2) is 22.7 Å². The van der Waals surface area contributed by atoms with Gasteiger partial charge in [0.05, 0.1) is 11.9 Å². The fraction of sp³-hybridized carbons (Fsp3) is 0.100. The van der Waals surface area contributed by atoms with E-state index in [4.69, 9.17) is 5.10 Å². The van der Waals surface area contributed by atoms with Crippen LogP contribution >= 0.6 is 0 Å². The second kappa shape index (κ2) is 6.28. The first kappa shape index (κ1) is 15.2. The maximum absolute atomic E-state index is 4.76. The first-order chi connectivity index (χ1) is 12.3. The van der Waals surface area contributed by atoms with Crippen LogP contribution in [0.1, 0.15) is 12.5 Å². The highest BCUT2D eigenvalue weighted by Gasteiger charge is 2.45. The van der Waals surface area contributed by atoms with Crippen molar-refractivity contribution in [2.75, 3.05) is 5.01 Å². The summed E-state index contributed by atoms with van der Waals surface area (Å²) in [4.78, 5) is 2.07. The number of nitrogens with zero attached hydrogens (tertiary/aromatic N) is 4. The molecule has 0 spiro atoms. The molecular formula is C20H19N5. The van der Waals surface area contributed by atoms with E-state index < -0.39 is 5.79 Å². The Hall–Kier alpha value is -3.34. The Bertz CT molecular complexity index is 854. The molecular weight excluding hydrogens is 310 g/mol. The molecule has 5 heteroatoms. The summed E-state index contributed by atoms with van der Waals surface area (Å²) in [5.74, 6) is 0.236. The van der Waals surface area contributed by atoms with Crippen molar-refractivity contribution >= 4 is 17.7 Å². The molecule has 0 fully saturated rings. The van der Waals surface area contributed by atoms with E-state index in [1.807, 2.05) is 96.3 Å². The van der Waals surface area contributed by atoms with Gasteiger partial charge in [-0.15, -0.1) is 0 Å². The summed E-state index contributed by atoms with van der Waals surface area (Å²) in [7, 11) is 0. The average molecular weight is 329 g/mol. The lowest BCUT2D eigenvalue weighted by molar-refractivity contribution is 0.214. The molecule has 2 aliphatic heterocycles. The minimum atomic E-state index is -0.636. The molecule has 0 radical (unpaired) electrons.